The summed E-state index contributed by atoms with van der Waals surface area (Å²) in [5.41, 5.74) is -0.109. The first-order valence-corrected chi connectivity index (χ1v) is 9.95. The van der Waals surface area contributed by atoms with Crippen molar-refractivity contribution in [3.8, 4) is 5.75 Å². The summed E-state index contributed by atoms with van der Waals surface area (Å²) in [4.78, 5) is 29.6. The monoisotopic (exact) mass is 431 g/mol. The molecular formula is C22H20F3N3O3. The molecule has 0 atom stereocenters. The third-order valence-electron chi connectivity index (χ3n) is 5.15. The van der Waals surface area contributed by atoms with Crippen LogP contribution in [0.5, 0.6) is 5.75 Å². The van der Waals surface area contributed by atoms with Crippen molar-refractivity contribution in [3.63, 3.8) is 0 Å². The molecule has 4 rings (SSSR count). The number of hydrogen-bond donors (Lipinski definition) is 1. The van der Waals surface area contributed by atoms with E-state index in [4.69, 9.17) is 4.74 Å². The van der Waals surface area contributed by atoms with Gasteiger partial charge in [-0.15, -0.1) is 0 Å². The number of benzene rings is 2. The number of aromatic nitrogens is 2. The maximum atomic E-state index is 12.9. The van der Waals surface area contributed by atoms with Crippen molar-refractivity contribution in [1.29, 1.82) is 0 Å². The maximum Gasteiger partial charge on any atom is 0.416 e. The highest BCUT2D eigenvalue weighted by atomic mass is 19.4. The van der Waals surface area contributed by atoms with Crippen molar-refractivity contribution in [2.24, 2.45) is 0 Å². The average Bonchev–Trinajstić information content (AvgIpc) is 2.98. The van der Waals surface area contributed by atoms with Crippen LogP contribution in [-0.4, -0.2) is 22.1 Å². The first-order valence-electron chi connectivity index (χ1n) is 9.95. The number of nitrogens with one attached hydrogen (secondary N) is 1. The number of halogens is 3. The van der Waals surface area contributed by atoms with E-state index in [9.17, 15) is 22.8 Å². The van der Waals surface area contributed by atoms with Crippen LogP contribution in [0.15, 0.2) is 47.3 Å². The number of hydrogen-bond acceptors (Lipinski definition) is 4. The SMILES string of the molecule is O=C(COc1ccc2nc3n(c(=O)c2c1)CCCCC3)Nc1ccc(C(F)(F)F)cc1. The van der Waals surface area contributed by atoms with Crippen LogP contribution in [0.4, 0.5) is 18.9 Å². The van der Waals surface area contributed by atoms with Gasteiger partial charge in [0.15, 0.2) is 6.61 Å². The molecule has 3 aromatic rings. The van der Waals surface area contributed by atoms with Gasteiger partial charge in [-0.3, -0.25) is 14.2 Å². The second-order valence-electron chi connectivity index (χ2n) is 7.39. The van der Waals surface area contributed by atoms with Gasteiger partial charge in [-0.2, -0.15) is 13.2 Å². The number of rotatable bonds is 4. The van der Waals surface area contributed by atoms with Crippen LogP contribution in [-0.2, 0) is 23.9 Å². The number of ether oxygens (including phenoxy) is 1. The van der Waals surface area contributed by atoms with Gasteiger partial charge >= 0.3 is 6.18 Å². The lowest BCUT2D eigenvalue weighted by Gasteiger charge is -2.12. The van der Waals surface area contributed by atoms with Crippen LogP contribution in [0.1, 0.15) is 30.7 Å². The summed E-state index contributed by atoms with van der Waals surface area (Å²) >= 11 is 0. The molecule has 1 N–H and O–H groups in total. The zero-order valence-corrected chi connectivity index (χ0v) is 16.5. The van der Waals surface area contributed by atoms with E-state index in [-0.39, 0.29) is 17.9 Å². The molecule has 1 aliphatic heterocycles. The Morgan fingerprint density at radius 2 is 1.87 bits per heavy atom. The molecule has 0 bridgehead atoms. The number of carbonyl (C=O) groups excluding carboxylic acids is 1. The molecule has 2 heterocycles. The van der Waals surface area contributed by atoms with Crippen LogP contribution in [0.2, 0.25) is 0 Å². The Hall–Kier alpha value is -3.36. The highest BCUT2D eigenvalue weighted by molar-refractivity contribution is 5.92. The predicted octanol–water partition coefficient (Wildman–Crippen LogP) is 4.16. The third-order valence-corrected chi connectivity index (χ3v) is 5.15. The van der Waals surface area contributed by atoms with Crippen molar-refractivity contribution in [2.45, 2.75) is 38.4 Å². The molecule has 0 aliphatic carbocycles. The Labute approximate surface area is 175 Å². The number of alkyl halides is 3. The molecule has 1 aliphatic rings. The van der Waals surface area contributed by atoms with Crippen molar-refractivity contribution < 1.29 is 22.7 Å². The number of fused-ring (bicyclic) bond motifs is 2. The smallest absolute Gasteiger partial charge is 0.416 e. The van der Waals surface area contributed by atoms with Gasteiger partial charge in [0, 0.05) is 18.7 Å². The zero-order valence-electron chi connectivity index (χ0n) is 16.5. The largest absolute Gasteiger partial charge is 0.484 e. The zero-order chi connectivity index (χ0) is 22.0. The first-order chi connectivity index (χ1) is 14.8. The fraction of sp³-hybridized carbons (Fsp3) is 0.318. The molecular weight excluding hydrogens is 411 g/mol. The Morgan fingerprint density at radius 3 is 2.61 bits per heavy atom. The second-order valence-corrected chi connectivity index (χ2v) is 7.39. The third kappa shape index (κ3) is 4.70. The van der Waals surface area contributed by atoms with E-state index < -0.39 is 17.6 Å². The summed E-state index contributed by atoms with van der Waals surface area (Å²) in [6, 6.07) is 9.02. The van der Waals surface area contributed by atoms with Crippen LogP contribution in [0, 0.1) is 0 Å². The van der Waals surface area contributed by atoms with Gasteiger partial charge in [0.2, 0.25) is 0 Å². The lowest BCUT2D eigenvalue weighted by atomic mass is 10.2. The molecule has 1 aromatic heterocycles. The highest BCUT2D eigenvalue weighted by Crippen LogP contribution is 2.29. The lowest BCUT2D eigenvalue weighted by molar-refractivity contribution is -0.137. The van der Waals surface area contributed by atoms with Gasteiger partial charge < -0.3 is 10.1 Å². The molecule has 0 saturated carbocycles. The summed E-state index contributed by atoms with van der Waals surface area (Å²) in [5.74, 6) is 0.597. The van der Waals surface area contributed by atoms with Gasteiger partial charge in [0.05, 0.1) is 16.5 Å². The van der Waals surface area contributed by atoms with Crippen LogP contribution >= 0.6 is 0 Å². The minimum atomic E-state index is -4.44. The van der Waals surface area contributed by atoms with E-state index >= 15 is 0 Å². The minimum Gasteiger partial charge on any atom is -0.484 e. The normalized spacial score (nSPS) is 14.0. The Morgan fingerprint density at radius 1 is 1.10 bits per heavy atom. The van der Waals surface area contributed by atoms with Gasteiger partial charge in [-0.05, 0) is 55.3 Å². The van der Waals surface area contributed by atoms with E-state index in [0.29, 0.717) is 23.2 Å². The molecule has 0 unspecified atom stereocenters. The average molecular weight is 431 g/mol. The van der Waals surface area contributed by atoms with Gasteiger partial charge in [0.25, 0.3) is 11.5 Å². The molecule has 0 fully saturated rings. The Balaban J connectivity index is 1.44. The van der Waals surface area contributed by atoms with Crippen molar-refractivity contribution in [3.05, 3.63) is 64.2 Å². The molecule has 1 amide bonds. The molecule has 31 heavy (non-hydrogen) atoms. The molecule has 9 heteroatoms. The molecule has 2 aromatic carbocycles. The topological polar surface area (TPSA) is 73.2 Å². The van der Waals surface area contributed by atoms with Crippen LogP contribution < -0.4 is 15.6 Å². The van der Waals surface area contributed by atoms with Crippen molar-refractivity contribution in [2.75, 3.05) is 11.9 Å². The fourth-order valence-corrected chi connectivity index (χ4v) is 3.58. The summed E-state index contributed by atoms with van der Waals surface area (Å²) in [6.45, 7) is 0.282. The van der Waals surface area contributed by atoms with Crippen molar-refractivity contribution in [1.82, 2.24) is 9.55 Å². The number of aryl methyl sites for hydroxylation is 1. The number of anilines is 1. The minimum absolute atomic E-state index is 0.124. The molecule has 0 radical (unpaired) electrons. The summed E-state index contributed by atoms with van der Waals surface area (Å²) in [7, 11) is 0. The summed E-state index contributed by atoms with van der Waals surface area (Å²) < 4.78 is 45.0. The van der Waals surface area contributed by atoms with Gasteiger partial charge in [0.1, 0.15) is 11.6 Å². The standard InChI is InChI=1S/C22H20F3N3O3/c23-22(24,25)14-5-7-15(8-6-14)26-20(29)13-31-16-9-10-18-17(12-16)21(30)28-11-3-1-2-4-19(28)27-18/h5-10,12H,1-4,11,13H2,(H,26,29). The van der Waals surface area contributed by atoms with E-state index in [1.165, 1.54) is 12.1 Å². The number of carbonyl (C=O) groups is 1. The highest BCUT2D eigenvalue weighted by Gasteiger charge is 2.30. The second kappa shape index (κ2) is 8.41. The van der Waals surface area contributed by atoms with E-state index in [0.717, 1.165) is 43.6 Å². The maximum absolute atomic E-state index is 12.9. The van der Waals surface area contributed by atoms with Gasteiger partial charge in [-0.25, -0.2) is 4.98 Å². The number of nitrogens with zero attached hydrogens (tertiary/aromatic N) is 2. The van der Waals surface area contributed by atoms with Gasteiger partial charge in [-0.1, -0.05) is 6.42 Å². The van der Waals surface area contributed by atoms with E-state index in [2.05, 4.69) is 10.3 Å². The number of amides is 1. The first kappa shape index (κ1) is 20.9. The molecule has 6 nitrogen and oxygen atoms in total. The summed E-state index contributed by atoms with van der Waals surface area (Å²) in [6.07, 6.45) is -0.670. The fourth-order valence-electron chi connectivity index (χ4n) is 3.58. The quantitative estimate of drug-likeness (QED) is 0.673. The van der Waals surface area contributed by atoms with Crippen molar-refractivity contribution >= 4 is 22.5 Å². The van der Waals surface area contributed by atoms with Crippen LogP contribution in [0.3, 0.4) is 0 Å². The molecule has 162 valence electrons. The van der Waals surface area contributed by atoms with E-state index in [1.54, 1.807) is 22.8 Å². The lowest BCUT2D eigenvalue weighted by Crippen LogP contribution is -2.24. The van der Waals surface area contributed by atoms with E-state index in [1.807, 2.05) is 0 Å². The Bertz CT molecular complexity index is 1170. The molecule has 0 spiro atoms. The molecule has 0 saturated heterocycles. The van der Waals surface area contributed by atoms with Crippen LogP contribution in [0.25, 0.3) is 10.9 Å². The summed E-state index contributed by atoms with van der Waals surface area (Å²) in [5, 5.41) is 2.90. The Kier molecular flexibility index (Phi) is 5.67. The predicted molar refractivity (Wildman–Crippen MR) is 109 cm³/mol.